The maximum atomic E-state index is 14.1. The number of phenols is 1. The van der Waals surface area contributed by atoms with Crippen LogP contribution in [-0.4, -0.2) is 68.5 Å². The first-order valence-corrected chi connectivity index (χ1v) is 13.3. The van der Waals surface area contributed by atoms with E-state index in [4.69, 9.17) is 18.9 Å². The molecule has 0 bridgehead atoms. The van der Waals surface area contributed by atoms with Crippen molar-refractivity contribution in [2.75, 3.05) is 35.4 Å². The van der Waals surface area contributed by atoms with Crippen molar-refractivity contribution < 1.29 is 38.7 Å². The van der Waals surface area contributed by atoms with Gasteiger partial charge in [-0.05, 0) is 41.3 Å². The minimum atomic E-state index is -1.95. The number of aromatic hydroxyl groups is 1. The Morgan fingerprint density at radius 1 is 0.927 bits per heavy atom. The Morgan fingerprint density at radius 2 is 1.61 bits per heavy atom. The average Bonchev–Trinajstić information content (AvgIpc) is 3.34. The Kier molecular flexibility index (Phi) is 7.11. The van der Waals surface area contributed by atoms with Gasteiger partial charge in [0.2, 0.25) is 5.91 Å². The van der Waals surface area contributed by atoms with Crippen molar-refractivity contribution in [1.82, 2.24) is 4.90 Å². The fourth-order valence-electron chi connectivity index (χ4n) is 7.17. The van der Waals surface area contributed by atoms with Gasteiger partial charge in [0.15, 0.2) is 11.5 Å². The van der Waals surface area contributed by atoms with E-state index in [0.717, 1.165) is 5.56 Å². The number of nitrogens with zero attached hydrogens (tertiary/aromatic N) is 1. The molecule has 5 rings (SSSR count). The second-order valence-electron chi connectivity index (χ2n) is 10.8. The molecule has 3 aromatic rings. The van der Waals surface area contributed by atoms with E-state index in [-0.39, 0.29) is 23.8 Å². The molecule has 1 amide bonds. The molecule has 0 radical (unpaired) electrons. The molecule has 216 valence electrons. The Labute approximate surface area is 239 Å². The molecule has 0 aromatic heterocycles. The van der Waals surface area contributed by atoms with Crippen LogP contribution in [0, 0.1) is 5.92 Å². The van der Waals surface area contributed by atoms with Crippen molar-refractivity contribution in [3.8, 4) is 23.0 Å². The molecule has 5 atom stereocenters. The lowest BCUT2D eigenvalue weighted by atomic mass is 9.62. The number of hydrogen-bond acceptors (Lipinski definition) is 8. The molecule has 1 saturated carbocycles. The maximum absolute atomic E-state index is 14.1. The molecule has 0 heterocycles. The number of aliphatic hydroxyl groups is 1. The summed E-state index contributed by atoms with van der Waals surface area (Å²) < 4.78 is 22.7. The molecule has 2 aliphatic carbocycles. The third-order valence-electron chi connectivity index (χ3n) is 8.64. The Hall–Kier alpha value is -4.24. The number of ether oxygens (including phenoxy) is 4. The van der Waals surface area contributed by atoms with Crippen molar-refractivity contribution in [3.63, 3.8) is 0 Å². The van der Waals surface area contributed by atoms with Gasteiger partial charge >= 0.3 is 5.97 Å². The summed E-state index contributed by atoms with van der Waals surface area (Å²) in [6.07, 6.45) is -1.07. The zero-order valence-electron chi connectivity index (χ0n) is 24.0. The van der Waals surface area contributed by atoms with Crippen LogP contribution < -0.4 is 14.2 Å². The van der Waals surface area contributed by atoms with Crippen LogP contribution in [0.15, 0.2) is 60.7 Å². The van der Waals surface area contributed by atoms with Crippen LogP contribution in [0.5, 0.6) is 23.0 Å². The van der Waals surface area contributed by atoms with Crippen molar-refractivity contribution in [3.05, 3.63) is 82.9 Å². The van der Waals surface area contributed by atoms with E-state index >= 15 is 0 Å². The van der Waals surface area contributed by atoms with Crippen LogP contribution in [-0.2, 0) is 31.8 Å². The summed E-state index contributed by atoms with van der Waals surface area (Å²) in [4.78, 5) is 28.2. The van der Waals surface area contributed by atoms with E-state index in [1.165, 1.54) is 26.0 Å². The number of phenolic OH excluding ortho intramolecular Hbond substituents is 1. The first-order valence-electron chi connectivity index (χ1n) is 13.3. The number of amides is 1. The highest BCUT2D eigenvalue weighted by Gasteiger charge is 2.77. The molecule has 9 heteroatoms. The number of fused-ring (bicyclic) bond motifs is 3. The first kappa shape index (κ1) is 28.3. The molecule has 5 unspecified atom stereocenters. The van der Waals surface area contributed by atoms with Gasteiger partial charge < -0.3 is 34.1 Å². The van der Waals surface area contributed by atoms with Gasteiger partial charge in [0.25, 0.3) is 0 Å². The summed E-state index contributed by atoms with van der Waals surface area (Å²) in [7, 11) is 7.77. The molecular weight excluding hydrogens is 526 g/mol. The first-order chi connectivity index (χ1) is 19.5. The Morgan fingerprint density at radius 3 is 2.17 bits per heavy atom. The summed E-state index contributed by atoms with van der Waals surface area (Å²) in [5, 5.41) is 24.3. The summed E-state index contributed by atoms with van der Waals surface area (Å²) in [6.45, 7) is 1.26. The highest BCUT2D eigenvalue weighted by Crippen LogP contribution is 2.71. The van der Waals surface area contributed by atoms with Crippen LogP contribution in [0.4, 0.5) is 0 Å². The van der Waals surface area contributed by atoms with Crippen molar-refractivity contribution in [1.29, 1.82) is 0 Å². The van der Waals surface area contributed by atoms with E-state index in [1.54, 1.807) is 45.5 Å². The topological polar surface area (TPSA) is 115 Å². The summed E-state index contributed by atoms with van der Waals surface area (Å²) >= 11 is 0. The lowest BCUT2D eigenvalue weighted by molar-refractivity contribution is -0.172. The Bertz CT molecular complexity index is 1490. The molecule has 2 aliphatic rings. The molecule has 0 saturated heterocycles. The zero-order valence-corrected chi connectivity index (χ0v) is 24.0. The van der Waals surface area contributed by atoms with Gasteiger partial charge in [-0.2, -0.15) is 0 Å². The van der Waals surface area contributed by atoms with Crippen LogP contribution in [0.25, 0.3) is 0 Å². The van der Waals surface area contributed by atoms with Gasteiger partial charge in [0.1, 0.15) is 23.2 Å². The highest BCUT2D eigenvalue weighted by molar-refractivity contribution is 5.84. The van der Waals surface area contributed by atoms with E-state index in [0.29, 0.717) is 28.2 Å². The van der Waals surface area contributed by atoms with Crippen LogP contribution in [0.2, 0.25) is 0 Å². The Balaban J connectivity index is 1.95. The molecule has 3 aromatic carbocycles. The number of esters is 1. The van der Waals surface area contributed by atoms with Crippen molar-refractivity contribution in [2.24, 2.45) is 5.92 Å². The second-order valence-corrected chi connectivity index (χ2v) is 10.8. The largest absolute Gasteiger partial charge is 0.504 e. The smallest absolute Gasteiger partial charge is 0.303 e. The van der Waals surface area contributed by atoms with Crippen molar-refractivity contribution in [2.45, 2.75) is 36.4 Å². The summed E-state index contributed by atoms with van der Waals surface area (Å²) in [5.74, 6) is -1.62. The lowest BCUT2D eigenvalue weighted by Gasteiger charge is -2.43. The quantitative estimate of drug-likeness (QED) is 0.421. The lowest BCUT2D eigenvalue weighted by Crippen LogP contribution is -2.51. The molecule has 9 nitrogen and oxygen atoms in total. The van der Waals surface area contributed by atoms with Crippen molar-refractivity contribution >= 4 is 11.9 Å². The second kappa shape index (κ2) is 10.3. The molecule has 0 aliphatic heterocycles. The van der Waals surface area contributed by atoms with Gasteiger partial charge in [-0.15, -0.1) is 0 Å². The third-order valence-corrected chi connectivity index (χ3v) is 8.64. The predicted octanol–water partition coefficient (Wildman–Crippen LogP) is 3.53. The SMILES string of the molecule is COc1cc2c(c(OC)c1)C1(O)C(OC(C)=O)C(C(=O)N(C)C)C(c3ccccc3)C1(c1ccc(OC)c(O)c1)C2. The number of benzene rings is 3. The molecule has 41 heavy (non-hydrogen) atoms. The summed E-state index contributed by atoms with van der Waals surface area (Å²) in [5.41, 5.74) is -0.796. The van der Waals surface area contributed by atoms with Gasteiger partial charge in [0.05, 0.1) is 27.2 Å². The summed E-state index contributed by atoms with van der Waals surface area (Å²) in [6, 6.07) is 17.9. The maximum Gasteiger partial charge on any atom is 0.303 e. The third kappa shape index (κ3) is 4.01. The van der Waals surface area contributed by atoms with Crippen LogP contribution >= 0.6 is 0 Å². The average molecular weight is 562 g/mol. The molecular formula is C32H35NO8. The van der Waals surface area contributed by atoms with Crippen LogP contribution in [0.1, 0.15) is 35.1 Å². The number of carbonyl (C=O) groups excluding carboxylic acids is 2. The molecule has 2 N–H and O–H groups in total. The standard InChI is InChI=1S/C32H35NO8/c1-18(34)41-29-26(30(36)33(2)3)28(19-10-8-7-9-11-19)31(21-12-13-24(39-5)23(35)15-21)17-20-14-22(38-4)16-25(40-6)27(20)32(29,31)37/h7-16,26,28-29,35,37H,17H2,1-6H3. The number of methoxy groups -OCH3 is 3. The van der Waals surface area contributed by atoms with E-state index in [1.807, 2.05) is 36.4 Å². The predicted molar refractivity (Wildman–Crippen MR) is 150 cm³/mol. The van der Waals surface area contributed by atoms with E-state index in [2.05, 4.69) is 0 Å². The van der Waals surface area contributed by atoms with E-state index < -0.39 is 34.9 Å². The van der Waals surface area contributed by atoms with Crippen LogP contribution in [0.3, 0.4) is 0 Å². The fourth-order valence-corrected chi connectivity index (χ4v) is 7.17. The van der Waals surface area contributed by atoms with Gasteiger partial charge in [-0.1, -0.05) is 36.4 Å². The molecule has 1 fully saturated rings. The minimum Gasteiger partial charge on any atom is -0.504 e. The molecule has 0 spiro atoms. The zero-order chi connectivity index (χ0) is 29.7. The van der Waals surface area contributed by atoms with E-state index in [9.17, 15) is 19.8 Å². The monoisotopic (exact) mass is 561 g/mol. The fraction of sp³-hybridized carbons (Fsp3) is 0.375. The number of rotatable bonds is 7. The van der Waals surface area contributed by atoms with Gasteiger partial charge in [-0.3, -0.25) is 9.59 Å². The minimum absolute atomic E-state index is 0.125. The number of hydrogen-bond donors (Lipinski definition) is 2. The highest BCUT2D eigenvalue weighted by atomic mass is 16.6. The van der Waals surface area contributed by atoms with Gasteiger partial charge in [0, 0.05) is 44.0 Å². The normalized spacial score (nSPS) is 26.1. The number of carbonyl (C=O) groups is 2. The van der Waals surface area contributed by atoms with Gasteiger partial charge in [-0.25, -0.2) is 0 Å².